The highest BCUT2D eigenvalue weighted by Gasteiger charge is 2.39. The lowest BCUT2D eigenvalue weighted by atomic mass is 10.1. The number of rotatable bonds is 5. The first-order chi connectivity index (χ1) is 11.7. The quantitative estimate of drug-likeness (QED) is 0.391. The minimum atomic E-state index is 0. The Hall–Kier alpha value is -1.47. The number of benzene rings is 2. The summed E-state index contributed by atoms with van der Waals surface area (Å²) in [6.45, 7) is 0.720. The molecule has 6 heteroatoms. The van der Waals surface area contributed by atoms with Gasteiger partial charge in [-0.05, 0) is 41.8 Å². The summed E-state index contributed by atoms with van der Waals surface area (Å²) in [5, 5.41) is 7.61. The molecule has 0 aliphatic heterocycles. The fraction of sp³-hybridized carbons (Fsp3) is 0.316. The highest BCUT2D eigenvalue weighted by molar-refractivity contribution is 14.0. The van der Waals surface area contributed by atoms with Gasteiger partial charge >= 0.3 is 0 Å². The van der Waals surface area contributed by atoms with Crippen LogP contribution in [0, 0.1) is 0 Å². The molecule has 25 heavy (non-hydrogen) atoms. The average Bonchev–Trinajstić information content (AvgIpc) is 3.38. The van der Waals surface area contributed by atoms with Gasteiger partial charge in [0, 0.05) is 30.6 Å². The molecule has 1 aliphatic carbocycles. The van der Waals surface area contributed by atoms with Gasteiger partial charge in [0.1, 0.15) is 5.75 Å². The second kappa shape index (κ2) is 9.29. The van der Waals surface area contributed by atoms with Crippen LogP contribution in [-0.4, -0.2) is 26.2 Å². The Balaban J connectivity index is 0.00000225. The fourth-order valence-electron chi connectivity index (χ4n) is 2.76. The zero-order valence-corrected chi connectivity index (χ0v) is 17.4. The number of guanidine groups is 1. The third-order valence-corrected chi connectivity index (χ3v) is 4.47. The summed E-state index contributed by atoms with van der Waals surface area (Å²) in [7, 11) is 3.46. The molecule has 1 saturated carbocycles. The van der Waals surface area contributed by atoms with Gasteiger partial charge in [-0.3, -0.25) is 4.99 Å². The summed E-state index contributed by atoms with van der Waals surface area (Å²) in [5.74, 6) is 2.19. The Morgan fingerprint density at radius 2 is 2.00 bits per heavy atom. The van der Waals surface area contributed by atoms with E-state index in [4.69, 9.17) is 16.3 Å². The monoisotopic (exact) mass is 471 g/mol. The Morgan fingerprint density at radius 3 is 2.64 bits per heavy atom. The van der Waals surface area contributed by atoms with Crippen LogP contribution < -0.4 is 15.4 Å². The minimum absolute atomic E-state index is 0. The van der Waals surface area contributed by atoms with Crippen LogP contribution >= 0.6 is 35.6 Å². The average molecular weight is 472 g/mol. The van der Waals surface area contributed by atoms with E-state index in [1.165, 1.54) is 11.1 Å². The molecular weight excluding hydrogens is 449 g/mol. The van der Waals surface area contributed by atoms with E-state index >= 15 is 0 Å². The molecule has 2 atom stereocenters. The first kappa shape index (κ1) is 19.8. The van der Waals surface area contributed by atoms with Crippen LogP contribution in [-0.2, 0) is 6.54 Å². The summed E-state index contributed by atoms with van der Waals surface area (Å²) in [6.07, 6.45) is 1.10. The second-order valence-electron chi connectivity index (χ2n) is 5.92. The molecule has 0 amide bonds. The van der Waals surface area contributed by atoms with Crippen molar-refractivity contribution in [2.45, 2.75) is 24.9 Å². The third kappa shape index (κ3) is 5.51. The molecule has 1 fully saturated rings. The van der Waals surface area contributed by atoms with Crippen LogP contribution in [0.2, 0.25) is 5.02 Å². The highest BCUT2D eigenvalue weighted by Crippen LogP contribution is 2.41. The molecule has 134 valence electrons. The number of nitrogens with zero attached hydrogens (tertiary/aromatic N) is 1. The predicted molar refractivity (Wildman–Crippen MR) is 114 cm³/mol. The number of aliphatic imine (C=N–C) groups is 1. The van der Waals surface area contributed by atoms with Crippen molar-refractivity contribution in [1.82, 2.24) is 10.6 Å². The van der Waals surface area contributed by atoms with E-state index in [-0.39, 0.29) is 24.0 Å². The lowest BCUT2D eigenvalue weighted by Crippen LogP contribution is -2.38. The number of methoxy groups -OCH3 is 1. The predicted octanol–water partition coefficient (Wildman–Crippen LogP) is 4.19. The summed E-state index contributed by atoms with van der Waals surface area (Å²) in [4.78, 5) is 4.31. The van der Waals surface area contributed by atoms with Crippen molar-refractivity contribution in [3.05, 3.63) is 64.7 Å². The Morgan fingerprint density at radius 1 is 1.24 bits per heavy atom. The maximum Gasteiger partial charge on any atom is 0.191 e. The Labute approximate surface area is 171 Å². The first-order valence-corrected chi connectivity index (χ1v) is 8.43. The molecule has 0 aromatic heterocycles. The minimum Gasteiger partial charge on any atom is -0.497 e. The van der Waals surface area contributed by atoms with Crippen molar-refractivity contribution in [3.63, 3.8) is 0 Å². The van der Waals surface area contributed by atoms with Crippen LogP contribution in [0.3, 0.4) is 0 Å². The van der Waals surface area contributed by atoms with Crippen molar-refractivity contribution in [1.29, 1.82) is 0 Å². The number of hydrogen-bond donors (Lipinski definition) is 2. The third-order valence-electron chi connectivity index (χ3n) is 4.23. The molecule has 2 N–H and O–H groups in total. The van der Waals surface area contributed by atoms with E-state index in [2.05, 4.69) is 21.7 Å². The standard InChI is InChI=1S/C19H22ClN3O.HI/c1-21-19(22-12-13-6-8-16(24-2)9-7-13)23-18-11-17(18)14-4-3-5-15(20)10-14;/h3-10,17-18H,11-12H2,1-2H3,(H2,21,22,23);1H. The van der Waals surface area contributed by atoms with Crippen molar-refractivity contribution in [2.75, 3.05) is 14.2 Å². The van der Waals surface area contributed by atoms with Gasteiger partial charge in [-0.15, -0.1) is 24.0 Å². The van der Waals surface area contributed by atoms with Crippen molar-refractivity contribution in [2.24, 2.45) is 4.99 Å². The smallest absolute Gasteiger partial charge is 0.191 e. The number of ether oxygens (including phenoxy) is 1. The molecule has 0 saturated heterocycles. The molecule has 0 radical (unpaired) electrons. The lowest BCUT2D eigenvalue weighted by molar-refractivity contribution is 0.414. The van der Waals surface area contributed by atoms with Crippen LogP contribution in [0.5, 0.6) is 5.75 Å². The van der Waals surface area contributed by atoms with E-state index in [9.17, 15) is 0 Å². The molecule has 0 bridgehead atoms. The molecular formula is C19H23ClIN3O. The first-order valence-electron chi connectivity index (χ1n) is 8.05. The molecule has 2 unspecified atom stereocenters. The van der Waals surface area contributed by atoms with Crippen LogP contribution in [0.25, 0.3) is 0 Å². The summed E-state index contributed by atoms with van der Waals surface area (Å²) < 4.78 is 5.17. The van der Waals surface area contributed by atoms with E-state index in [0.717, 1.165) is 29.7 Å². The van der Waals surface area contributed by atoms with Gasteiger partial charge in [-0.25, -0.2) is 0 Å². The zero-order chi connectivity index (χ0) is 16.9. The van der Waals surface area contributed by atoms with Crippen LogP contribution in [0.15, 0.2) is 53.5 Å². The van der Waals surface area contributed by atoms with Gasteiger partial charge in [0.05, 0.1) is 7.11 Å². The normalized spacial score (nSPS) is 18.9. The molecule has 4 nitrogen and oxygen atoms in total. The van der Waals surface area contributed by atoms with Gasteiger partial charge < -0.3 is 15.4 Å². The Kier molecular flexibility index (Phi) is 7.38. The molecule has 2 aromatic rings. The van der Waals surface area contributed by atoms with Gasteiger partial charge in [-0.2, -0.15) is 0 Å². The maximum atomic E-state index is 6.07. The van der Waals surface area contributed by atoms with E-state index in [0.29, 0.717) is 12.0 Å². The summed E-state index contributed by atoms with van der Waals surface area (Å²) in [5.41, 5.74) is 2.46. The van der Waals surface area contributed by atoms with Gasteiger partial charge in [0.15, 0.2) is 5.96 Å². The molecule has 2 aromatic carbocycles. The van der Waals surface area contributed by atoms with E-state index in [1.807, 2.05) is 42.5 Å². The van der Waals surface area contributed by atoms with E-state index in [1.54, 1.807) is 14.2 Å². The Bertz CT molecular complexity index is 721. The molecule has 3 rings (SSSR count). The van der Waals surface area contributed by atoms with Crippen LogP contribution in [0.4, 0.5) is 0 Å². The molecule has 1 aliphatic rings. The number of halogens is 2. The van der Waals surface area contributed by atoms with E-state index < -0.39 is 0 Å². The van der Waals surface area contributed by atoms with Crippen molar-refractivity contribution >= 4 is 41.5 Å². The van der Waals surface area contributed by atoms with Crippen LogP contribution in [0.1, 0.15) is 23.5 Å². The summed E-state index contributed by atoms with van der Waals surface area (Å²) >= 11 is 6.07. The van der Waals surface area contributed by atoms with Crippen molar-refractivity contribution in [3.8, 4) is 5.75 Å². The number of hydrogen-bond acceptors (Lipinski definition) is 2. The molecule has 0 heterocycles. The maximum absolute atomic E-state index is 6.07. The largest absolute Gasteiger partial charge is 0.497 e. The van der Waals surface area contributed by atoms with Gasteiger partial charge in [0.25, 0.3) is 0 Å². The lowest BCUT2D eigenvalue weighted by Gasteiger charge is -2.12. The number of nitrogens with one attached hydrogen (secondary N) is 2. The van der Waals surface area contributed by atoms with Crippen molar-refractivity contribution < 1.29 is 4.74 Å². The molecule has 0 spiro atoms. The SMILES string of the molecule is CN=C(NCc1ccc(OC)cc1)NC1CC1c1cccc(Cl)c1.I. The second-order valence-corrected chi connectivity index (χ2v) is 6.36. The highest BCUT2D eigenvalue weighted by atomic mass is 127. The zero-order valence-electron chi connectivity index (χ0n) is 14.3. The van der Waals surface area contributed by atoms with Gasteiger partial charge in [-0.1, -0.05) is 35.9 Å². The fourth-order valence-corrected chi connectivity index (χ4v) is 2.96. The van der Waals surface area contributed by atoms with Gasteiger partial charge in [0.2, 0.25) is 0 Å². The topological polar surface area (TPSA) is 45.7 Å². The summed E-state index contributed by atoms with van der Waals surface area (Å²) in [6, 6.07) is 16.5.